The molecular weight excluding hydrogens is 265 g/mol. The molecule has 1 aliphatic heterocycles. The number of hydrogen-bond donors (Lipinski definition) is 0. The molecule has 2 nitrogen and oxygen atoms in total. The molecule has 0 amide bonds. The van der Waals surface area contributed by atoms with E-state index in [1.54, 1.807) is 12.1 Å². The Bertz CT molecular complexity index is 472. The van der Waals surface area contributed by atoms with Crippen LogP contribution in [0.1, 0.15) is 46.4 Å². The fourth-order valence-corrected chi connectivity index (χ4v) is 2.26. The molecule has 0 radical (unpaired) electrons. The van der Waals surface area contributed by atoms with Gasteiger partial charge in [-0.15, -0.1) is 0 Å². The Balaban J connectivity index is 2.32. The lowest BCUT2D eigenvalue weighted by Gasteiger charge is -2.32. The van der Waals surface area contributed by atoms with E-state index in [-0.39, 0.29) is 0 Å². The highest BCUT2D eigenvalue weighted by atomic mass is 35.5. The molecule has 1 aromatic rings. The van der Waals surface area contributed by atoms with Crippen molar-refractivity contribution in [1.82, 2.24) is 0 Å². The molecule has 1 saturated heterocycles. The van der Waals surface area contributed by atoms with Crippen molar-refractivity contribution >= 4 is 24.2 Å². The van der Waals surface area contributed by atoms with E-state index in [1.807, 2.05) is 33.8 Å². The van der Waals surface area contributed by atoms with Crippen LogP contribution in [0.25, 0.3) is 0 Å². The molecule has 0 N–H and O–H groups in total. The average molecular weight is 285 g/mol. The molecule has 5 heteroatoms. The molecule has 0 aromatic heterocycles. The highest BCUT2D eigenvalue weighted by Crippen LogP contribution is 2.36. The molecule has 1 fully saturated rings. The van der Waals surface area contributed by atoms with E-state index >= 15 is 0 Å². The number of alkyl halides is 1. The molecule has 0 aliphatic carbocycles. The third-order valence-electron chi connectivity index (χ3n) is 3.97. The minimum Gasteiger partial charge on any atom is -0.399 e. The first-order chi connectivity index (χ1) is 8.64. The number of rotatable bonds is 2. The van der Waals surface area contributed by atoms with Crippen LogP contribution in [0.15, 0.2) is 18.2 Å². The van der Waals surface area contributed by atoms with Crippen molar-refractivity contribution in [2.75, 3.05) is 0 Å². The maximum atomic E-state index is 13.5. The van der Waals surface area contributed by atoms with Crippen LogP contribution in [0.3, 0.4) is 0 Å². The Kier molecular flexibility index (Phi) is 3.71. The van der Waals surface area contributed by atoms with Crippen LogP contribution in [0, 0.1) is 0 Å². The second-order valence-corrected chi connectivity index (χ2v) is 6.39. The second kappa shape index (κ2) is 4.76. The predicted molar refractivity (Wildman–Crippen MR) is 76.7 cm³/mol. The van der Waals surface area contributed by atoms with Crippen molar-refractivity contribution < 1.29 is 13.7 Å². The van der Waals surface area contributed by atoms with Crippen LogP contribution >= 0.6 is 11.6 Å². The second-order valence-electron chi connectivity index (χ2n) is 5.99. The normalized spacial score (nSPS) is 22.6. The topological polar surface area (TPSA) is 18.5 Å². The van der Waals surface area contributed by atoms with Gasteiger partial charge in [0.25, 0.3) is 0 Å². The molecule has 2 rings (SSSR count). The van der Waals surface area contributed by atoms with Gasteiger partial charge in [0.1, 0.15) is 6.17 Å². The first kappa shape index (κ1) is 14.8. The summed E-state index contributed by atoms with van der Waals surface area (Å²) in [6.45, 7) is 9.42. The van der Waals surface area contributed by atoms with Crippen LogP contribution in [0.5, 0.6) is 0 Å². The van der Waals surface area contributed by atoms with Gasteiger partial charge in [-0.05, 0) is 46.1 Å². The zero-order chi connectivity index (χ0) is 14.4. The van der Waals surface area contributed by atoms with E-state index in [9.17, 15) is 4.39 Å². The molecule has 0 saturated carbocycles. The molecule has 1 aromatic carbocycles. The van der Waals surface area contributed by atoms with E-state index in [0.29, 0.717) is 10.6 Å². The van der Waals surface area contributed by atoms with Gasteiger partial charge in [-0.2, -0.15) is 0 Å². The van der Waals surface area contributed by atoms with Crippen molar-refractivity contribution in [1.29, 1.82) is 0 Å². The van der Waals surface area contributed by atoms with Gasteiger partial charge < -0.3 is 9.31 Å². The maximum Gasteiger partial charge on any atom is 0.494 e. The third-order valence-corrected chi connectivity index (χ3v) is 4.32. The van der Waals surface area contributed by atoms with E-state index in [0.717, 1.165) is 5.46 Å². The van der Waals surface area contributed by atoms with Gasteiger partial charge in [0.15, 0.2) is 0 Å². The largest absolute Gasteiger partial charge is 0.494 e. The van der Waals surface area contributed by atoms with Gasteiger partial charge >= 0.3 is 7.12 Å². The van der Waals surface area contributed by atoms with Crippen molar-refractivity contribution in [2.24, 2.45) is 0 Å². The third kappa shape index (κ3) is 2.67. The van der Waals surface area contributed by atoms with Crippen molar-refractivity contribution in [3.8, 4) is 0 Å². The summed E-state index contributed by atoms with van der Waals surface area (Å²) in [5.74, 6) is 0. The smallest absolute Gasteiger partial charge is 0.399 e. The van der Waals surface area contributed by atoms with Crippen LogP contribution in [0.2, 0.25) is 5.02 Å². The molecule has 1 atom stereocenters. The molecule has 1 heterocycles. The van der Waals surface area contributed by atoms with E-state index < -0.39 is 24.5 Å². The van der Waals surface area contributed by atoms with Crippen molar-refractivity contribution in [3.63, 3.8) is 0 Å². The Labute approximate surface area is 119 Å². The maximum absolute atomic E-state index is 13.5. The summed E-state index contributed by atoms with van der Waals surface area (Å²) in [4.78, 5) is 0. The Morgan fingerprint density at radius 3 is 2.16 bits per heavy atom. The summed E-state index contributed by atoms with van der Waals surface area (Å²) < 4.78 is 25.4. The standard InChI is InChI=1S/C14H19BClFO2/c1-9(17)11-8-10(6-7-12(11)16)15-18-13(2,3)14(4,5)19-15/h6-9H,1-5H3/t9-/m1/s1. The molecule has 0 spiro atoms. The van der Waals surface area contributed by atoms with E-state index in [4.69, 9.17) is 20.9 Å². The predicted octanol–water partition coefficient (Wildman–Crippen LogP) is 3.67. The Morgan fingerprint density at radius 2 is 1.68 bits per heavy atom. The zero-order valence-corrected chi connectivity index (χ0v) is 12.7. The number of hydrogen-bond acceptors (Lipinski definition) is 2. The molecule has 0 bridgehead atoms. The summed E-state index contributed by atoms with van der Waals surface area (Å²) in [6, 6.07) is 5.22. The molecule has 0 unspecified atom stereocenters. The highest BCUT2D eigenvalue weighted by Gasteiger charge is 2.51. The van der Waals surface area contributed by atoms with Gasteiger partial charge in [-0.3, -0.25) is 0 Å². The van der Waals surface area contributed by atoms with Crippen LogP contribution < -0.4 is 5.46 Å². The lowest BCUT2D eigenvalue weighted by atomic mass is 9.78. The fourth-order valence-electron chi connectivity index (χ4n) is 1.99. The minimum absolute atomic E-state index is 0.404. The van der Waals surface area contributed by atoms with Gasteiger partial charge in [0.2, 0.25) is 0 Å². The lowest BCUT2D eigenvalue weighted by Crippen LogP contribution is -2.41. The first-order valence-electron chi connectivity index (χ1n) is 6.43. The number of benzene rings is 1. The average Bonchev–Trinajstić information content (AvgIpc) is 2.48. The SMILES string of the molecule is C[C@@H](F)c1cc(B2OC(C)(C)C(C)(C)O2)ccc1Cl. The Hall–Kier alpha value is -0.575. The fraction of sp³-hybridized carbons (Fsp3) is 0.571. The van der Waals surface area contributed by atoms with Crippen LogP contribution in [-0.2, 0) is 9.31 Å². The summed E-state index contributed by atoms with van der Waals surface area (Å²) >= 11 is 5.99. The summed E-state index contributed by atoms with van der Waals surface area (Å²) in [6.07, 6.45) is -1.12. The van der Waals surface area contributed by atoms with Crippen molar-refractivity contribution in [2.45, 2.75) is 52.0 Å². The minimum atomic E-state index is -1.12. The molecular formula is C14H19BClFO2. The summed E-state index contributed by atoms with van der Waals surface area (Å²) in [5, 5.41) is 0.426. The van der Waals surface area contributed by atoms with E-state index in [2.05, 4.69) is 0 Å². The molecule has 19 heavy (non-hydrogen) atoms. The quantitative estimate of drug-likeness (QED) is 0.772. The summed E-state index contributed by atoms with van der Waals surface area (Å²) in [7, 11) is -0.486. The molecule has 104 valence electrons. The van der Waals surface area contributed by atoms with Gasteiger partial charge in [-0.25, -0.2) is 4.39 Å². The van der Waals surface area contributed by atoms with Gasteiger partial charge in [0, 0.05) is 10.6 Å². The molecule has 1 aliphatic rings. The van der Waals surface area contributed by atoms with E-state index in [1.165, 1.54) is 6.92 Å². The Morgan fingerprint density at radius 1 is 1.16 bits per heavy atom. The van der Waals surface area contributed by atoms with Gasteiger partial charge in [-0.1, -0.05) is 23.7 Å². The van der Waals surface area contributed by atoms with Crippen molar-refractivity contribution in [3.05, 3.63) is 28.8 Å². The number of halogens is 2. The lowest BCUT2D eigenvalue weighted by molar-refractivity contribution is 0.00578. The first-order valence-corrected chi connectivity index (χ1v) is 6.81. The summed E-state index contributed by atoms with van der Waals surface area (Å²) in [5.41, 5.74) is 0.453. The van der Waals surface area contributed by atoms with Gasteiger partial charge in [0.05, 0.1) is 11.2 Å². The highest BCUT2D eigenvalue weighted by molar-refractivity contribution is 6.62. The van der Waals surface area contributed by atoms with Crippen LogP contribution in [0.4, 0.5) is 4.39 Å². The van der Waals surface area contributed by atoms with Crippen LogP contribution in [-0.4, -0.2) is 18.3 Å². The zero-order valence-electron chi connectivity index (χ0n) is 12.0. The monoisotopic (exact) mass is 284 g/mol.